The van der Waals surface area contributed by atoms with Crippen molar-refractivity contribution in [1.82, 2.24) is 10.2 Å². The number of hydrogen-bond donors (Lipinski definition) is 2. The molecule has 7 heteroatoms. The Kier molecular flexibility index (Phi) is 5.82. The van der Waals surface area contributed by atoms with Crippen molar-refractivity contribution < 1.29 is 23.1 Å². The lowest BCUT2D eigenvalue weighted by Crippen LogP contribution is -2.57. The predicted molar refractivity (Wildman–Crippen MR) is 94.1 cm³/mol. The van der Waals surface area contributed by atoms with Gasteiger partial charge in [-0.3, -0.25) is 4.79 Å². The van der Waals surface area contributed by atoms with Gasteiger partial charge in [0.15, 0.2) is 17.2 Å². The lowest BCUT2D eigenvalue weighted by molar-refractivity contribution is -0.157. The molecular weight excluding hydrogens is 357 g/mol. The highest BCUT2D eigenvalue weighted by atomic mass is 19.2. The quantitative estimate of drug-likeness (QED) is 0.813. The summed E-state index contributed by atoms with van der Waals surface area (Å²) in [4.78, 5) is 14.1. The maximum Gasteiger partial charge on any atom is 0.256 e. The summed E-state index contributed by atoms with van der Waals surface area (Å²) < 4.78 is 40.2. The molecule has 4 nitrogen and oxygen atoms in total. The molecule has 0 saturated carbocycles. The Bertz CT molecular complexity index is 813. The number of amides is 1. The maximum absolute atomic E-state index is 13.9. The zero-order chi connectivity index (χ0) is 19.4. The van der Waals surface area contributed by atoms with E-state index in [2.05, 4.69) is 5.32 Å². The Morgan fingerprint density at radius 1 is 1.11 bits per heavy atom. The fourth-order valence-electron chi connectivity index (χ4n) is 3.27. The second-order valence-electron chi connectivity index (χ2n) is 6.80. The van der Waals surface area contributed by atoms with Crippen LogP contribution in [0.15, 0.2) is 42.5 Å². The zero-order valence-corrected chi connectivity index (χ0v) is 14.7. The summed E-state index contributed by atoms with van der Waals surface area (Å²) in [6.07, 6.45) is 0.835. The molecule has 2 N–H and O–H groups in total. The number of hydrogen-bond acceptors (Lipinski definition) is 3. The van der Waals surface area contributed by atoms with Gasteiger partial charge in [0, 0.05) is 31.7 Å². The molecule has 1 aliphatic rings. The minimum atomic E-state index is -1.61. The third-order valence-corrected chi connectivity index (χ3v) is 4.76. The molecule has 0 bridgehead atoms. The third-order valence-electron chi connectivity index (χ3n) is 4.76. The van der Waals surface area contributed by atoms with Crippen molar-refractivity contribution in [2.45, 2.75) is 31.5 Å². The monoisotopic (exact) mass is 378 g/mol. The fraction of sp³-hybridized carbons (Fsp3) is 0.350. The predicted octanol–water partition coefficient (Wildman–Crippen LogP) is 2.75. The van der Waals surface area contributed by atoms with E-state index in [1.54, 1.807) is 12.1 Å². The average molecular weight is 378 g/mol. The number of carbonyl (C=O) groups is 1. The van der Waals surface area contributed by atoms with E-state index in [0.717, 1.165) is 11.6 Å². The van der Waals surface area contributed by atoms with Gasteiger partial charge in [0.2, 0.25) is 0 Å². The summed E-state index contributed by atoms with van der Waals surface area (Å²) in [5.74, 6) is -2.79. The molecule has 1 unspecified atom stereocenters. The van der Waals surface area contributed by atoms with Crippen molar-refractivity contribution in [3.63, 3.8) is 0 Å². The first-order valence-corrected chi connectivity index (χ1v) is 8.79. The van der Waals surface area contributed by atoms with Crippen LogP contribution < -0.4 is 5.32 Å². The van der Waals surface area contributed by atoms with Gasteiger partial charge in [-0.25, -0.2) is 13.2 Å². The number of aliphatic hydroxyl groups is 1. The van der Waals surface area contributed by atoms with Crippen LogP contribution in [0.25, 0.3) is 0 Å². The molecule has 1 aliphatic heterocycles. The standard InChI is InChI=1S/C20H21F3N2O2/c21-16-7-5-14(6-8-16)11-24-13-20(27)9-2-10-25(19(20)26)12-15-3-1-4-17(22)18(15)23/h1,3-8,24,27H,2,9-13H2. The van der Waals surface area contributed by atoms with E-state index < -0.39 is 23.1 Å². The molecule has 1 saturated heterocycles. The normalized spacial score (nSPS) is 20.1. The molecule has 1 atom stereocenters. The van der Waals surface area contributed by atoms with Gasteiger partial charge in [-0.15, -0.1) is 0 Å². The summed E-state index contributed by atoms with van der Waals surface area (Å²) in [6.45, 7) is 0.664. The van der Waals surface area contributed by atoms with Crippen molar-refractivity contribution in [3.8, 4) is 0 Å². The highest BCUT2D eigenvalue weighted by Crippen LogP contribution is 2.25. The van der Waals surface area contributed by atoms with Crippen molar-refractivity contribution >= 4 is 5.91 Å². The van der Waals surface area contributed by atoms with E-state index >= 15 is 0 Å². The maximum atomic E-state index is 13.9. The number of nitrogens with one attached hydrogen (secondary N) is 1. The van der Waals surface area contributed by atoms with Gasteiger partial charge in [0.25, 0.3) is 5.91 Å². The Morgan fingerprint density at radius 2 is 1.85 bits per heavy atom. The molecule has 0 radical (unpaired) electrons. The van der Waals surface area contributed by atoms with Crippen LogP contribution in [0.2, 0.25) is 0 Å². The van der Waals surface area contributed by atoms with Crippen LogP contribution in [0.3, 0.4) is 0 Å². The first kappa shape index (κ1) is 19.4. The Morgan fingerprint density at radius 3 is 2.59 bits per heavy atom. The van der Waals surface area contributed by atoms with Crippen LogP contribution in [0.4, 0.5) is 13.2 Å². The Balaban J connectivity index is 1.62. The molecule has 2 aromatic carbocycles. The molecule has 0 spiro atoms. The van der Waals surface area contributed by atoms with Crippen molar-refractivity contribution in [2.24, 2.45) is 0 Å². The first-order chi connectivity index (χ1) is 12.9. The molecule has 0 aliphatic carbocycles. The van der Waals surface area contributed by atoms with Gasteiger partial charge in [-0.05, 0) is 36.6 Å². The molecule has 27 heavy (non-hydrogen) atoms. The van der Waals surface area contributed by atoms with Crippen molar-refractivity contribution in [2.75, 3.05) is 13.1 Å². The SMILES string of the molecule is O=C1N(Cc2cccc(F)c2F)CCCC1(O)CNCc1ccc(F)cc1. The highest BCUT2D eigenvalue weighted by Gasteiger charge is 2.41. The van der Waals surface area contributed by atoms with Crippen LogP contribution in [-0.4, -0.2) is 34.6 Å². The van der Waals surface area contributed by atoms with E-state index in [1.165, 1.54) is 29.2 Å². The third kappa shape index (κ3) is 4.48. The van der Waals surface area contributed by atoms with Crippen LogP contribution >= 0.6 is 0 Å². The molecular formula is C20H21F3N2O2. The van der Waals surface area contributed by atoms with Gasteiger partial charge in [0.05, 0.1) is 0 Å². The average Bonchev–Trinajstić information content (AvgIpc) is 2.64. The van der Waals surface area contributed by atoms with E-state index in [-0.39, 0.29) is 30.9 Å². The summed E-state index contributed by atoms with van der Waals surface area (Å²) in [7, 11) is 0. The second-order valence-corrected chi connectivity index (χ2v) is 6.80. The Labute approximate surface area is 155 Å². The van der Waals surface area contributed by atoms with Crippen LogP contribution in [0.1, 0.15) is 24.0 Å². The number of likely N-dealkylation sites (tertiary alicyclic amines) is 1. The first-order valence-electron chi connectivity index (χ1n) is 8.79. The number of halogens is 3. The second kappa shape index (κ2) is 8.10. The smallest absolute Gasteiger partial charge is 0.256 e. The summed E-state index contributed by atoms with van der Waals surface area (Å²) in [5, 5.41) is 13.8. The molecule has 0 aromatic heterocycles. The number of benzene rings is 2. The highest BCUT2D eigenvalue weighted by molar-refractivity contribution is 5.86. The lowest BCUT2D eigenvalue weighted by atomic mass is 9.91. The van der Waals surface area contributed by atoms with E-state index in [9.17, 15) is 23.1 Å². The van der Waals surface area contributed by atoms with Gasteiger partial charge >= 0.3 is 0 Å². The van der Waals surface area contributed by atoms with Crippen LogP contribution in [-0.2, 0) is 17.9 Å². The van der Waals surface area contributed by atoms with E-state index in [0.29, 0.717) is 19.5 Å². The minimum Gasteiger partial charge on any atom is -0.379 e. The number of nitrogens with zero attached hydrogens (tertiary/aromatic N) is 1. The zero-order valence-electron chi connectivity index (χ0n) is 14.7. The largest absolute Gasteiger partial charge is 0.379 e. The Hall–Kier alpha value is -2.38. The van der Waals surface area contributed by atoms with Gasteiger partial charge < -0.3 is 15.3 Å². The van der Waals surface area contributed by atoms with Crippen molar-refractivity contribution in [1.29, 1.82) is 0 Å². The molecule has 1 heterocycles. The van der Waals surface area contributed by atoms with E-state index in [4.69, 9.17) is 0 Å². The van der Waals surface area contributed by atoms with Gasteiger partial charge in [0.1, 0.15) is 5.82 Å². The van der Waals surface area contributed by atoms with Gasteiger partial charge in [-0.2, -0.15) is 0 Å². The van der Waals surface area contributed by atoms with E-state index in [1.807, 2.05) is 0 Å². The fourth-order valence-corrected chi connectivity index (χ4v) is 3.27. The molecule has 1 amide bonds. The minimum absolute atomic E-state index is 0.0192. The molecule has 2 aromatic rings. The molecule has 1 fully saturated rings. The van der Waals surface area contributed by atoms with Crippen LogP contribution in [0.5, 0.6) is 0 Å². The molecule has 144 valence electrons. The summed E-state index contributed by atoms with van der Waals surface area (Å²) in [5.41, 5.74) is -0.712. The van der Waals surface area contributed by atoms with Crippen molar-refractivity contribution in [3.05, 3.63) is 71.0 Å². The number of carbonyl (C=O) groups excluding carboxylic acids is 1. The number of piperidine rings is 1. The molecule has 3 rings (SSSR count). The summed E-state index contributed by atoms with van der Waals surface area (Å²) >= 11 is 0. The number of rotatable bonds is 6. The van der Waals surface area contributed by atoms with Gasteiger partial charge in [-0.1, -0.05) is 24.3 Å². The summed E-state index contributed by atoms with van der Waals surface area (Å²) in [6, 6.07) is 9.75. The topological polar surface area (TPSA) is 52.6 Å². The lowest BCUT2D eigenvalue weighted by Gasteiger charge is -2.38. The van der Waals surface area contributed by atoms with Crippen LogP contribution in [0, 0.1) is 17.5 Å².